The lowest BCUT2D eigenvalue weighted by Gasteiger charge is -2.06. The number of fused-ring (bicyclic) bond motifs is 1. The molecule has 3 aromatic rings. The molecule has 3 rings (SSSR count). The number of halogens is 4. The van der Waals surface area contributed by atoms with Crippen LogP contribution in [0.25, 0.3) is 16.8 Å². The minimum Gasteiger partial charge on any atom is -0.290 e. The average Bonchev–Trinajstić information content (AvgIpc) is 2.80. The molecule has 0 saturated heterocycles. The summed E-state index contributed by atoms with van der Waals surface area (Å²) in [5, 5.41) is 4.15. The van der Waals surface area contributed by atoms with E-state index in [1.165, 1.54) is 0 Å². The molecular formula is C15H15ClF3N6O+. The second-order valence-electron chi connectivity index (χ2n) is 5.87. The van der Waals surface area contributed by atoms with Crippen LogP contribution < -0.4 is 16.4 Å². The predicted molar refractivity (Wildman–Crippen MR) is 88.8 cm³/mol. The molecule has 0 aliphatic carbocycles. The average molecular weight is 388 g/mol. The van der Waals surface area contributed by atoms with Gasteiger partial charge in [-0.1, -0.05) is 0 Å². The van der Waals surface area contributed by atoms with Gasteiger partial charge >= 0.3 is 17.8 Å². The molecule has 0 unspecified atom stereocenters. The topological polar surface area (TPSA) is 92.3 Å². The quantitative estimate of drug-likeness (QED) is 0.697. The highest BCUT2D eigenvalue weighted by molar-refractivity contribution is 6.31. The van der Waals surface area contributed by atoms with Gasteiger partial charge in [-0.3, -0.25) is 10.7 Å². The molecule has 0 atom stereocenters. The Morgan fingerprint density at radius 3 is 2.46 bits per heavy atom. The van der Waals surface area contributed by atoms with Crippen LogP contribution in [0, 0.1) is 13.8 Å². The van der Waals surface area contributed by atoms with Crippen molar-refractivity contribution in [3.05, 3.63) is 39.2 Å². The number of nitrogens with two attached hydrogens (primary N) is 1. The molecule has 0 fully saturated rings. The number of pyridine rings is 1. The maximum Gasteiger partial charge on any atom is 0.411 e. The van der Waals surface area contributed by atoms with Crippen LogP contribution >= 0.6 is 11.6 Å². The number of H-pyrrole nitrogens is 1. The molecule has 7 nitrogen and oxygen atoms in total. The lowest BCUT2D eigenvalue weighted by atomic mass is 10.1. The fourth-order valence-corrected chi connectivity index (χ4v) is 3.02. The second-order valence-corrected chi connectivity index (χ2v) is 6.25. The summed E-state index contributed by atoms with van der Waals surface area (Å²) in [6, 6.07) is 3.47. The summed E-state index contributed by atoms with van der Waals surface area (Å²) >= 11 is 6.26. The summed E-state index contributed by atoms with van der Waals surface area (Å²) in [6.07, 6.45) is -5.59. The highest BCUT2D eigenvalue weighted by Gasteiger charge is 2.29. The molecule has 3 N–H and O–H groups in total. The van der Waals surface area contributed by atoms with Gasteiger partial charge in [-0.2, -0.15) is 17.9 Å². The lowest BCUT2D eigenvalue weighted by Crippen LogP contribution is -2.28. The first-order chi connectivity index (χ1) is 12.1. The number of nitrogen functional groups attached to an aromatic ring is 1. The molecule has 0 bridgehead atoms. The first kappa shape index (κ1) is 18.2. The molecule has 138 valence electrons. The molecule has 3 heterocycles. The van der Waals surface area contributed by atoms with Gasteiger partial charge in [0.25, 0.3) is 0 Å². The van der Waals surface area contributed by atoms with Crippen LogP contribution in [0.2, 0.25) is 5.15 Å². The fraction of sp³-hybridized carbons (Fsp3) is 0.333. The molecule has 26 heavy (non-hydrogen) atoms. The molecular weight excluding hydrogens is 373 g/mol. The van der Waals surface area contributed by atoms with Gasteiger partial charge in [0, 0.05) is 11.4 Å². The number of nitrogens with one attached hydrogen (secondary N) is 1. The van der Waals surface area contributed by atoms with Gasteiger partial charge in [-0.25, -0.2) is 9.78 Å². The Morgan fingerprint density at radius 2 is 1.88 bits per heavy atom. The Labute approximate surface area is 150 Å². The molecule has 0 aliphatic rings. The Kier molecular flexibility index (Phi) is 4.39. The number of rotatable bonds is 3. The number of aromatic amines is 1. The summed E-state index contributed by atoms with van der Waals surface area (Å²) in [7, 11) is 0. The van der Waals surface area contributed by atoms with Gasteiger partial charge in [0.1, 0.15) is 0 Å². The number of anilines is 1. The monoisotopic (exact) mass is 387 g/mol. The standard InChI is InChI=1S/C15H14ClF3N6O/c1-7-5-9(6-8(2)21-7)10-11(16)22-13(20)25-12(10)23-24(14(25)26)4-3-15(17,18)19/h5-6H,3-4H2,1-2H3,(H2,20,22)/p+1. The van der Waals surface area contributed by atoms with Crippen LogP contribution in [0.15, 0.2) is 16.9 Å². The maximum absolute atomic E-state index is 12.5. The first-order valence-corrected chi connectivity index (χ1v) is 7.97. The summed E-state index contributed by atoms with van der Waals surface area (Å²) < 4.78 is 39.2. The van der Waals surface area contributed by atoms with E-state index in [0.29, 0.717) is 22.5 Å². The van der Waals surface area contributed by atoms with Crippen molar-refractivity contribution >= 4 is 23.2 Å². The molecule has 11 heteroatoms. The van der Waals surface area contributed by atoms with E-state index in [9.17, 15) is 18.0 Å². The summed E-state index contributed by atoms with van der Waals surface area (Å²) in [5.41, 5.74) is 7.49. The highest BCUT2D eigenvalue weighted by Crippen LogP contribution is 2.29. The molecule has 0 amide bonds. The zero-order valence-electron chi connectivity index (χ0n) is 13.9. The van der Waals surface area contributed by atoms with Crippen LogP contribution in [-0.2, 0) is 6.54 Å². The van der Waals surface area contributed by atoms with Gasteiger partial charge in [-0.05, 0) is 43.1 Å². The smallest absolute Gasteiger partial charge is 0.290 e. The molecule has 0 aromatic carbocycles. The minimum absolute atomic E-state index is 0.0726. The summed E-state index contributed by atoms with van der Waals surface area (Å²) in [6.45, 7) is 2.96. The van der Waals surface area contributed by atoms with E-state index in [-0.39, 0.29) is 16.7 Å². The van der Waals surface area contributed by atoms with Crippen LogP contribution in [0.3, 0.4) is 0 Å². The van der Waals surface area contributed by atoms with E-state index in [4.69, 9.17) is 17.3 Å². The van der Waals surface area contributed by atoms with E-state index >= 15 is 0 Å². The van der Waals surface area contributed by atoms with Gasteiger partial charge in [0.15, 0.2) is 5.15 Å². The SMILES string of the molecule is Cc1cc(-c2c(Cl)[nH+]c(N)n3c(=O)n(CCC(F)(F)F)nc23)cc(C)n1. The lowest BCUT2D eigenvalue weighted by molar-refractivity contribution is -0.361. The summed E-state index contributed by atoms with van der Waals surface area (Å²) in [4.78, 5) is 19.4. The van der Waals surface area contributed by atoms with Gasteiger partial charge in [-0.15, -0.1) is 9.50 Å². The van der Waals surface area contributed by atoms with Crippen molar-refractivity contribution < 1.29 is 18.2 Å². The Balaban J connectivity index is 2.25. The van der Waals surface area contributed by atoms with Crippen molar-refractivity contribution in [3.8, 4) is 11.1 Å². The largest absolute Gasteiger partial charge is 0.411 e. The van der Waals surface area contributed by atoms with Crippen LogP contribution in [0.1, 0.15) is 17.8 Å². The molecule has 0 aliphatic heterocycles. The zero-order chi connectivity index (χ0) is 19.2. The molecule has 0 spiro atoms. The minimum atomic E-state index is -4.41. The van der Waals surface area contributed by atoms with E-state index < -0.39 is 24.8 Å². The van der Waals surface area contributed by atoms with Crippen LogP contribution in [-0.4, -0.2) is 25.3 Å². The second kappa shape index (κ2) is 6.27. The van der Waals surface area contributed by atoms with Crippen molar-refractivity contribution in [2.45, 2.75) is 33.0 Å². The van der Waals surface area contributed by atoms with Gasteiger partial charge < -0.3 is 0 Å². The van der Waals surface area contributed by atoms with Crippen molar-refractivity contribution in [2.24, 2.45) is 0 Å². The third-order valence-electron chi connectivity index (χ3n) is 3.74. The number of aromatic nitrogens is 5. The Bertz CT molecular complexity index is 1040. The van der Waals surface area contributed by atoms with E-state index in [1.807, 2.05) is 0 Å². The highest BCUT2D eigenvalue weighted by atomic mass is 35.5. The molecule has 3 aromatic heterocycles. The number of hydrogen-bond donors (Lipinski definition) is 1. The van der Waals surface area contributed by atoms with E-state index in [1.54, 1.807) is 26.0 Å². The van der Waals surface area contributed by atoms with Crippen molar-refractivity contribution in [2.75, 3.05) is 5.73 Å². The van der Waals surface area contributed by atoms with Crippen LogP contribution in [0.5, 0.6) is 0 Å². The summed E-state index contributed by atoms with van der Waals surface area (Å²) in [5.74, 6) is -0.125. The third kappa shape index (κ3) is 3.36. The molecule has 0 radical (unpaired) electrons. The maximum atomic E-state index is 12.5. The fourth-order valence-electron chi connectivity index (χ4n) is 2.73. The zero-order valence-corrected chi connectivity index (χ0v) is 14.6. The Hall–Kier alpha value is -2.62. The van der Waals surface area contributed by atoms with Crippen molar-refractivity contribution in [3.63, 3.8) is 0 Å². The molecule has 0 saturated carbocycles. The number of alkyl halides is 3. The van der Waals surface area contributed by atoms with Crippen molar-refractivity contribution in [1.29, 1.82) is 0 Å². The number of aryl methyl sites for hydroxylation is 3. The predicted octanol–water partition coefficient (Wildman–Crippen LogP) is 2.18. The normalized spacial score (nSPS) is 12.1. The van der Waals surface area contributed by atoms with E-state index in [0.717, 1.165) is 9.08 Å². The Morgan fingerprint density at radius 1 is 1.27 bits per heavy atom. The number of hydrogen-bond acceptors (Lipinski definition) is 4. The van der Waals surface area contributed by atoms with Gasteiger partial charge in [0.05, 0.1) is 18.5 Å². The van der Waals surface area contributed by atoms with Crippen molar-refractivity contribution in [1.82, 2.24) is 19.2 Å². The van der Waals surface area contributed by atoms with E-state index in [2.05, 4.69) is 15.1 Å². The van der Waals surface area contributed by atoms with Crippen LogP contribution in [0.4, 0.5) is 19.1 Å². The number of nitrogens with zero attached hydrogens (tertiary/aromatic N) is 4. The third-order valence-corrected chi connectivity index (χ3v) is 4.02. The van der Waals surface area contributed by atoms with Gasteiger partial charge in [0.2, 0.25) is 5.65 Å². The first-order valence-electron chi connectivity index (χ1n) is 7.59.